The van der Waals surface area contributed by atoms with Crippen molar-refractivity contribution in [3.05, 3.63) is 23.8 Å². The van der Waals surface area contributed by atoms with E-state index in [1.54, 1.807) is 0 Å². The Hall–Kier alpha value is -1.55. The van der Waals surface area contributed by atoms with Gasteiger partial charge in [-0.05, 0) is 56.4 Å². The Balaban J connectivity index is 1.68. The molecule has 2 aliphatic rings. The Kier molecular flexibility index (Phi) is 3.92. The number of carbonyl (C=O) groups excluding carboxylic acids is 1. The van der Waals surface area contributed by atoms with Crippen molar-refractivity contribution in [3.63, 3.8) is 0 Å². The topological polar surface area (TPSA) is 41.6 Å². The third-order valence-electron chi connectivity index (χ3n) is 4.16. The highest BCUT2D eigenvalue weighted by atomic mass is 16.5. The fourth-order valence-corrected chi connectivity index (χ4v) is 2.96. The van der Waals surface area contributed by atoms with Crippen LogP contribution in [0.2, 0.25) is 0 Å². The van der Waals surface area contributed by atoms with Crippen molar-refractivity contribution in [2.45, 2.75) is 38.7 Å². The molecule has 0 spiro atoms. The van der Waals surface area contributed by atoms with Crippen molar-refractivity contribution < 1.29 is 9.53 Å². The zero-order valence-electron chi connectivity index (χ0n) is 12.0. The van der Waals surface area contributed by atoms with E-state index in [-0.39, 0.29) is 12.0 Å². The maximum absolute atomic E-state index is 12.1. The highest BCUT2D eigenvalue weighted by Gasteiger charge is 2.24. The second kappa shape index (κ2) is 5.83. The number of hydrogen-bond donors (Lipinski definition) is 1. The molecule has 1 aromatic carbocycles. The third kappa shape index (κ3) is 2.80. The summed E-state index contributed by atoms with van der Waals surface area (Å²) in [5.74, 6) is -0.0143. The SMILES string of the molecule is Cc1cc(N2CCCC2)ccc1NC(=O)[C@@H]1CCCO1. The summed E-state index contributed by atoms with van der Waals surface area (Å²) in [6.45, 7) is 5.03. The number of ether oxygens (including phenoxy) is 1. The van der Waals surface area contributed by atoms with Gasteiger partial charge >= 0.3 is 0 Å². The van der Waals surface area contributed by atoms with Crippen LogP contribution >= 0.6 is 0 Å². The maximum Gasteiger partial charge on any atom is 0.253 e. The first-order chi connectivity index (χ1) is 9.74. The molecule has 4 nitrogen and oxygen atoms in total. The van der Waals surface area contributed by atoms with Crippen LogP contribution in [-0.4, -0.2) is 31.7 Å². The molecule has 20 heavy (non-hydrogen) atoms. The lowest BCUT2D eigenvalue weighted by molar-refractivity contribution is -0.124. The summed E-state index contributed by atoms with van der Waals surface area (Å²) in [6, 6.07) is 6.27. The predicted molar refractivity (Wildman–Crippen MR) is 80.2 cm³/mol. The Morgan fingerprint density at radius 1 is 1.30 bits per heavy atom. The van der Waals surface area contributed by atoms with E-state index in [0.29, 0.717) is 6.61 Å². The molecule has 1 amide bonds. The second-order valence-electron chi connectivity index (χ2n) is 5.68. The average Bonchev–Trinajstić information content (AvgIpc) is 3.14. The molecule has 2 aliphatic heterocycles. The number of hydrogen-bond acceptors (Lipinski definition) is 3. The monoisotopic (exact) mass is 274 g/mol. The minimum atomic E-state index is -0.271. The molecule has 0 saturated carbocycles. The fourth-order valence-electron chi connectivity index (χ4n) is 2.96. The van der Waals surface area contributed by atoms with Crippen LogP contribution in [-0.2, 0) is 9.53 Å². The summed E-state index contributed by atoms with van der Waals surface area (Å²) in [5.41, 5.74) is 3.27. The molecule has 0 bridgehead atoms. The van der Waals surface area contributed by atoms with Gasteiger partial charge in [-0.1, -0.05) is 0 Å². The molecule has 1 aromatic rings. The first kappa shape index (κ1) is 13.4. The number of nitrogens with zero attached hydrogens (tertiary/aromatic N) is 1. The van der Waals surface area contributed by atoms with Gasteiger partial charge in [0.25, 0.3) is 5.91 Å². The Morgan fingerprint density at radius 2 is 2.10 bits per heavy atom. The molecule has 1 atom stereocenters. The van der Waals surface area contributed by atoms with Gasteiger partial charge in [-0.25, -0.2) is 0 Å². The smallest absolute Gasteiger partial charge is 0.253 e. The van der Waals surface area contributed by atoms with Gasteiger partial charge in [0.2, 0.25) is 0 Å². The number of benzene rings is 1. The van der Waals surface area contributed by atoms with Crippen molar-refractivity contribution in [1.29, 1.82) is 0 Å². The van der Waals surface area contributed by atoms with Crippen molar-refractivity contribution in [2.24, 2.45) is 0 Å². The summed E-state index contributed by atoms with van der Waals surface area (Å²) in [7, 11) is 0. The maximum atomic E-state index is 12.1. The van der Waals surface area contributed by atoms with Gasteiger partial charge in [-0.3, -0.25) is 4.79 Å². The van der Waals surface area contributed by atoms with E-state index in [2.05, 4.69) is 22.3 Å². The van der Waals surface area contributed by atoms with Crippen molar-refractivity contribution in [3.8, 4) is 0 Å². The highest BCUT2D eigenvalue weighted by Crippen LogP contribution is 2.26. The van der Waals surface area contributed by atoms with E-state index in [4.69, 9.17) is 4.74 Å². The molecule has 0 aliphatic carbocycles. The lowest BCUT2D eigenvalue weighted by Crippen LogP contribution is -2.27. The summed E-state index contributed by atoms with van der Waals surface area (Å²) >= 11 is 0. The normalized spacial score (nSPS) is 22.2. The third-order valence-corrected chi connectivity index (χ3v) is 4.16. The molecule has 0 radical (unpaired) electrons. The number of amides is 1. The molecule has 108 valence electrons. The van der Waals surface area contributed by atoms with Gasteiger partial charge in [0.1, 0.15) is 6.10 Å². The molecular formula is C16H22N2O2. The molecule has 3 rings (SSSR count). The number of anilines is 2. The minimum absolute atomic E-state index is 0.0143. The van der Waals surface area contributed by atoms with E-state index in [9.17, 15) is 4.79 Å². The summed E-state index contributed by atoms with van der Waals surface area (Å²) in [4.78, 5) is 14.5. The van der Waals surface area contributed by atoms with Crippen LogP contribution in [0.25, 0.3) is 0 Å². The number of aryl methyl sites for hydroxylation is 1. The van der Waals surface area contributed by atoms with E-state index in [1.807, 2.05) is 13.0 Å². The lowest BCUT2D eigenvalue weighted by atomic mass is 10.1. The largest absolute Gasteiger partial charge is 0.372 e. The van der Waals surface area contributed by atoms with Crippen LogP contribution < -0.4 is 10.2 Å². The van der Waals surface area contributed by atoms with Crippen LogP contribution in [0.5, 0.6) is 0 Å². The van der Waals surface area contributed by atoms with Crippen LogP contribution in [0.1, 0.15) is 31.2 Å². The first-order valence-corrected chi connectivity index (χ1v) is 7.52. The summed E-state index contributed by atoms with van der Waals surface area (Å²) in [6.07, 6.45) is 4.09. The van der Waals surface area contributed by atoms with Crippen molar-refractivity contribution in [1.82, 2.24) is 0 Å². The molecule has 0 aromatic heterocycles. The zero-order chi connectivity index (χ0) is 13.9. The molecular weight excluding hydrogens is 252 g/mol. The zero-order valence-corrected chi connectivity index (χ0v) is 12.0. The standard InChI is InChI=1S/C16H22N2O2/c1-12-11-13(18-8-2-3-9-18)6-7-14(12)17-16(19)15-5-4-10-20-15/h6-7,11,15H,2-5,8-10H2,1H3,(H,17,19)/t15-/m0/s1. The Labute approximate surface area is 120 Å². The van der Waals surface area contributed by atoms with Crippen LogP contribution in [0, 0.1) is 6.92 Å². The van der Waals surface area contributed by atoms with Gasteiger partial charge < -0.3 is 15.0 Å². The average molecular weight is 274 g/mol. The van der Waals surface area contributed by atoms with Gasteiger partial charge in [0.15, 0.2) is 0 Å². The van der Waals surface area contributed by atoms with E-state index in [1.165, 1.54) is 18.5 Å². The van der Waals surface area contributed by atoms with Gasteiger partial charge in [0, 0.05) is 31.1 Å². The van der Waals surface area contributed by atoms with Gasteiger partial charge in [0.05, 0.1) is 0 Å². The molecule has 2 saturated heterocycles. The second-order valence-corrected chi connectivity index (χ2v) is 5.68. The molecule has 4 heteroatoms. The quantitative estimate of drug-likeness (QED) is 0.921. The first-order valence-electron chi connectivity index (χ1n) is 7.52. The number of carbonyl (C=O) groups is 1. The fraction of sp³-hybridized carbons (Fsp3) is 0.562. The summed E-state index contributed by atoms with van der Waals surface area (Å²) < 4.78 is 5.41. The summed E-state index contributed by atoms with van der Waals surface area (Å²) in [5, 5.41) is 2.99. The predicted octanol–water partition coefficient (Wildman–Crippen LogP) is 2.71. The van der Waals surface area contributed by atoms with Gasteiger partial charge in [-0.2, -0.15) is 0 Å². The lowest BCUT2D eigenvalue weighted by Gasteiger charge is -2.19. The molecule has 2 heterocycles. The van der Waals surface area contributed by atoms with Crippen LogP contribution in [0.4, 0.5) is 11.4 Å². The molecule has 0 unspecified atom stereocenters. The highest BCUT2D eigenvalue weighted by molar-refractivity contribution is 5.95. The molecule has 1 N–H and O–H groups in total. The van der Waals surface area contributed by atoms with E-state index in [0.717, 1.165) is 37.2 Å². The Bertz CT molecular complexity index is 489. The van der Waals surface area contributed by atoms with Crippen molar-refractivity contribution >= 4 is 17.3 Å². The minimum Gasteiger partial charge on any atom is -0.372 e. The van der Waals surface area contributed by atoms with Crippen LogP contribution in [0.3, 0.4) is 0 Å². The molecule has 2 fully saturated rings. The van der Waals surface area contributed by atoms with Crippen LogP contribution in [0.15, 0.2) is 18.2 Å². The van der Waals surface area contributed by atoms with E-state index < -0.39 is 0 Å². The van der Waals surface area contributed by atoms with E-state index >= 15 is 0 Å². The van der Waals surface area contributed by atoms with Crippen molar-refractivity contribution in [2.75, 3.05) is 29.9 Å². The number of nitrogens with one attached hydrogen (secondary N) is 1. The Morgan fingerprint density at radius 3 is 2.75 bits per heavy atom. The number of rotatable bonds is 3. The van der Waals surface area contributed by atoms with Gasteiger partial charge in [-0.15, -0.1) is 0 Å².